The van der Waals surface area contributed by atoms with E-state index < -0.39 is 0 Å². The van der Waals surface area contributed by atoms with Gasteiger partial charge in [-0.25, -0.2) is 0 Å². The van der Waals surface area contributed by atoms with Crippen LogP contribution in [0.3, 0.4) is 0 Å². The van der Waals surface area contributed by atoms with Crippen LogP contribution in [0.4, 0.5) is 0 Å². The Morgan fingerprint density at radius 2 is 1.78 bits per heavy atom. The summed E-state index contributed by atoms with van der Waals surface area (Å²) < 4.78 is 5.48. The number of guanidine groups is 1. The average Bonchev–Trinajstić information content (AvgIpc) is 2.41. The molecule has 0 amide bonds. The molecule has 1 rings (SSSR count). The Kier molecular flexibility index (Phi) is 6.87. The highest BCUT2D eigenvalue weighted by Crippen LogP contribution is 2.16. The molecule has 4 nitrogen and oxygen atoms in total. The summed E-state index contributed by atoms with van der Waals surface area (Å²) >= 11 is 0. The van der Waals surface area contributed by atoms with E-state index in [1.54, 1.807) is 7.11 Å². The summed E-state index contributed by atoms with van der Waals surface area (Å²) in [6, 6.07) is 10.1. The molecule has 0 saturated heterocycles. The van der Waals surface area contributed by atoms with Gasteiger partial charge in [0.1, 0.15) is 6.10 Å². The molecule has 4 heteroatoms. The monoisotopic (exact) mass is 249 g/mol. The van der Waals surface area contributed by atoms with Crippen molar-refractivity contribution >= 4 is 5.96 Å². The maximum Gasteiger partial charge on any atom is 0.191 e. The molecular weight excluding hydrogens is 226 g/mol. The number of aliphatic imine (C=N–C) groups is 1. The summed E-state index contributed by atoms with van der Waals surface area (Å²) in [5.41, 5.74) is 1.15. The standard InChI is InChI=1S/C14H23N3O/c1-4-15-14(16-5-2)17-11-13(18-3)12-9-7-6-8-10-12/h6-10,13H,4-5,11H2,1-3H3,(H2,15,16,17). The third-order valence-corrected chi connectivity index (χ3v) is 2.56. The Bertz CT molecular complexity index is 343. The van der Waals surface area contributed by atoms with Crippen LogP contribution in [-0.4, -0.2) is 32.7 Å². The maximum absolute atomic E-state index is 5.48. The molecule has 0 heterocycles. The number of ether oxygens (including phenoxy) is 1. The molecule has 2 N–H and O–H groups in total. The highest BCUT2D eigenvalue weighted by molar-refractivity contribution is 5.79. The van der Waals surface area contributed by atoms with Crippen molar-refractivity contribution < 1.29 is 4.74 Å². The molecule has 0 aliphatic heterocycles. The van der Waals surface area contributed by atoms with E-state index in [4.69, 9.17) is 4.74 Å². The van der Waals surface area contributed by atoms with E-state index in [9.17, 15) is 0 Å². The van der Waals surface area contributed by atoms with Gasteiger partial charge < -0.3 is 15.4 Å². The quantitative estimate of drug-likeness (QED) is 0.598. The van der Waals surface area contributed by atoms with E-state index >= 15 is 0 Å². The molecule has 100 valence electrons. The highest BCUT2D eigenvalue weighted by Gasteiger charge is 2.09. The second-order valence-electron chi connectivity index (χ2n) is 3.88. The summed E-state index contributed by atoms with van der Waals surface area (Å²) in [5.74, 6) is 0.831. The van der Waals surface area contributed by atoms with Crippen LogP contribution in [0.1, 0.15) is 25.5 Å². The lowest BCUT2D eigenvalue weighted by Gasteiger charge is -2.15. The first kappa shape index (κ1) is 14.5. The molecule has 0 aliphatic carbocycles. The number of hydrogen-bond donors (Lipinski definition) is 2. The van der Waals surface area contributed by atoms with Crippen LogP contribution < -0.4 is 10.6 Å². The number of rotatable bonds is 6. The molecule has 0 radical (unpaired) electrons. The number of hydrogen-bond acceptors (Lipinski definition) is 2. The smallest absolute Gasteiger partial charge is 0.191 e. The van der Waals surface area contributed by atoms with Crippen LogP contribution in [0.15, 0.2) is 35.3 Å². The molecule has 1 aromatic carbocycles. The number of benzene rings is 1. The average molecular weight is 249 g/mol. The second-order valence-corrected chi connectivity index (χ2v) is 3.88. The Morgan fingerprint density at radius 1 is 1.17 bits per heavy atom. The third kappa shape index (κ3) is 4.75. The van der Waals surface area contributed by atoms with E-state index in [2.05, 4.69) is 41.6 Å². The van der Waals surface area contributed by atoms with Gasteiger partial charge in [-0.1, -0.05) is 30.3 Å². The van der Waals surface area contributed by atoms with Gasteiger partial charge in [0.25, 0.3) is 0 Å². The van der Waals surface area contributed by atoms with Gasteiger partial charge in [-0.15, -0.1) is 0 Å². The van der Waals surface area contributed by atoms with Crippen LogP contribution in [0.5, 0.6) is 0 Å². The first-order chi connectivity index (χ1) is 8.81. The molecule has 0 saturated carbocycles. The third-order valence-electron chi connectivity index (χ3n) is 2.56. The van der Waals surface area contributed by atoms with Gasteiger partial charge in [0.05, 0.1) is 6.54 Å². The molecule has 1 aromatic rings. The van der Waals surface area contributed by atoms with Crippen molar-refractivity contribution in [3.63, 3.8) is 0 Å². The number of nitrogens with zero attached hydrogens (tertiary/aromatic N) is 1. The zero-order valence-corrected chi connectivity index (χ0v) is 11.4. The van der Waals surface area contributed by atoms with E-state index in [1.807, 2.05) is 18.2 Å². The largest absolute Gasteiger partial charge is 0.375 e. The van der Waals surface area contributed by atoms with Crippen molar-refractivity contribution in [3.05, 3.63) is 35.9 Å². The van der Waals surface area contributed by atoms with E-state index in [-0.39, 0.29) is 6.10 Å². The molecule has 0 spiro atoms. The van der Waals surface area contributed by atoms with Crippen molar-refractivity contribution in [2.45, 2.75) is 20.0 Å². The zero-order chi connectivity index (χ0) is 13.2. The summed E-state index contributed by atoms with van der Waals surface area (Å²) in [4.78, 5) is 4.52. The Morgan fingerprint density at radius 3 is 2.28 bits per heavy atom. The predicted octanol–water partition coefficient (Wildman–Crippen LogP) is 1.95. The van der Waals surface area contributed by atoms with E-state index in [0.717, 1.165) is 24.6 Å². The van der Waals surface area contributed by atoms with Crippen molar-refractivity contribution in [3.8, 4) is 0 Å². The summed E-state index contributed by atoms with van der Waals surface area (Å²) in [6.07, 6.45) is -0.00138. The number of nitrogens with one attached hydrogen (secondary N) is 2. The van der Waals surface area contributed by atoms with Gasteiger partial charge in [-0.05, 0) is 19.4 Å². The predicted molar refractivity (Wildman–Crippen MR) is 75.8 cm³/mol. The minimum atomic E-state index is -0.00138. The molecule has 0 aliphatic rings. The van der Waals surface area contributed by atoms with Crippen LogP contribution in [0.25, 0.3) is 0 Å². The fourth-order valence-electron chi connectivity index (χ4n) is 1.67. The van der Waals surface area contributed by atoms with Gasteiger partial charge >= 0.3 is 0 Å². The van der Waals surface area contributed by atoms with Gasteiger partial charge in [0.15, 0.2) is 5.96 Å². The SMILES string of the molecule is CCNC(=NCC(OC)c1ccccc1)NCC. The van der Waals surface area contributed by atoms with E-state index in [1.165, 1.54) is 0 Å². The fraction of sp³-hybridized carbons (Fsp3) is 0.500. The first-order valence-electron chi connectivity index (χ1n) is 6.41. The molecular formula is C14H23N3O. The van der Waals surface area contributed by atoms with Crippen molar-refractivity contribution in [1.82, 2.24) is 10.6 Å². The Balaban J connectivity index is 2.65. The summed E-state index contributed by atoms with van der Waals surface area (Å²) in [6.45, 7) is 6.43. The molecule has 0 aromatic heterocycles. The Hall–Kier alpha value is -1.55. The summed E-state index contributed by atoms with van der Waals surface area (Å²) in [5, 5.41) is 6.40. The van der Waals surface area contributed by atoms with Crippen LogP contribution in [0, 0.1) is 0 Å². The van der Waals surface area contributed by atoms with Crippen molar-refractivity contribution in [2.24, 2.45) is 4.99 Å². The fourth-order valence-corrected chi connectivity index (χ4v) is 1.67. The van der Waals surface area contributed by atoms with Gasteiger partial charge in [-0.2, -0.15) is 0 Å². The Labute approximate surface area is 109 Å². The zero-order valence-electron chi connectivity index (χ0n) is 11.4. The maximum atomic E-state index is 5.48. The lowest BCUT2D eigenvalue weighted by molar-refractivity contribution is 0.111. The van der Waals surface area contributed by atoms with Crippen molar-refractivity contribution in [1.29, 1.82) is 0 Å². The lowest BCUT2D eigenvalue weighted by Crippen LogP contribution is -2.37. The molecule has 0 fully saturated rings. The minimum Gasteiger partial charge on any atom is -0.375 e. The van der Waals surface area contributed by atoms with Crippen molar-refractivity contribution in [2.75, 3.05) is 26.7 Å². The summed E-state index contributed by atoms with van der Waals surface area (Å²) in [7, 11) is 1.72. The normalized spacial score (nSPS) is 11.7. The second kappa shape index (κ2) is 8.53. The van der Waals surface area contributed by atoms with Crippen LogP contribution >= 0.6 is 0 Å². The van der Waals surface area contributed by atoms with Gasteiger partial charge in [-0.3, -0.25) is 4.99 Å². The molecule has 18 heavy (non-hydrogen) atoms. The van der Waals surface area contributed by atoms with Gasteiger partial charge in [0.2, 0.25) is 0 Å². The van der Waals surface area contributed by atoms with Crippen LogP contribution in [0.2, 0.25) is 0 Å². The lowest BCUT2D eigenvalue weighted by atomic mass is 10.1. The topological polar surface area (TPSA) is 45.7 Å². The molecule has 1 unspecified atom stereocenters. The minimum absolute atomic E-state index is 0.00138. The number of methoxy groups -OCH3 is 1. The van der Waals surface area contributed by atoms with E-state index in [0.29, 0.717) is 6.54 Å². The van der Waals surface area contributed by atoms with Crippen LogP contribution in [-0.2, 0) is 4.74 Å². The molecule has 0 bridgehead atoms. The highest BCUT2D eigenvalue weighted by atomic mass is 16.5. The van der Waals surface area contributed by atoms with Gasteiger partial charge in [0, 0.05) is 20.2 Å². The first-order valence-corrected chi connectivity index (χ1v) is 6.41. The molecule has 1 atom stereocenters.